The van der Waals surface area contributed by atoms with E-state index in [1.165, 1.54) is 18.2 Å². The number of hydrogen-bond acceptors (Lipinski definition) is 6. The third-order valence-corrected chi connectivity index (χ3v) is 7.29. The Hall–Kier alpha value is -2.34. The Balaban J connectivity index is 0.000000426. The number of carbonyl (C=O) groups is 2. The summed E-state index contributed by atoms with van der Waals surface area (Å²) in [7, 11) is 0. The van der Waals surface area contributed by atoms with Crippen LogP contribution in [0.1, 0.15) is 52.0 Å². The van der Waals surface area contributed by atoms with E-state index in [1.807, 2.05) is 11.0 Å². The van der Waals surface area contributed by atoms with Crippen LogP contribution in [0.25, 0.3) is 0 Å². The Morgan fingerprint density at radius 2 is 1.77 bits per heavy atom. The zero-order chi connectivity index (χ0) is 33.1. The minimum Gasteiger partial charge on any atom is -0.381 e. The molecule has 0 aromatic heterocycles. The first-order valence-corrected chi connectivity index (χ1v) is 15.6. The van der Waals surface area contributed by atoms with Gasteiger partial charge >= 0.3 is 0 Å². The van der Waals surface area contributed by atoms with Crippen molar-refractivity contribution < 1.29 is 23.5 Å². The van der Waals surface area contributed by atoms with Gasteiger partial charge in [-0.1, -0.05) is 69.6 Å². The second kappa shape index (κ2) is 21.4. The molecule has 44 heavy (non-hydrogen) atoms. The zero-order valence-corrected chi connectivity index (χ0v) is 27.9. The average molecular weight is 661 g/mol. The van der Waals surface area contributed by atoms with Crippen LogP contribution in [0.2, 0.25) is 5.02 Å². The lowest BCUT2D eigenvalue weighted by Crippen LogP contribution is -2.47. The van der Waals surface area contributed by atoms with Gasteiger partial charge in [0.15, 0.2) is 0 Å². The largest absolute Gasteiger partial charge is 0.381 e. The summed E-state index contributed by atoms with van der Waals surface area (Å²) in [6, 6.07) is 2.79. The number of piperazine rings is 1. The molecule has 12 heteroatoms. The first-order valence-electron chi connectivity index (χ1n) is 14.8. The Labute approximate surface area is 271 Å². The summed E-state index contributed by atoms with van der Waals surface area (Å²) in [4.78, 5) is 25.2. The van der Waals surface area contributed by atoms with Gasteiger partial charge in [0.1, 0.15) is 11.6 Å². The van der Waals surface area contributed by atoms with E-state index in [2.05, 4.69) is 55.1 Å². The number of allylic oxidation sites excluding steroid dienone is 5. The Morgan fingerprint density at radius 3 is 2.34 bits per heavy atom. The Morgan fingerprint density at radius 1 is 1.14 bits per heavy atom. The predicted octanol–water partition coefficient (Wildman–Crippen LogP) is 5.64. The van der Waals surface area contributed by atoms with Gasteiger partial charge in [-0.15, -0.1) is 0 Å². The molecule has 1 aromatic carbocycles. The molecular weight excluding hydrogens is 611 g/mol. The van der Waals surface area contributed by atoms with Gasteiger partial charge in [-0.05, 0) is 61.0 Å². The van der Waals surface area contributed by atoms with Crippen molar-refractivity contribution in [3.8, 4) is 0 Å². The lowest BCUT2D eigenvalue weighted by molar-refractivity contribution is -0.109. The molecule has 2 heterocycles. The van der Waals surface area contributed by atoms with Crippen LogP contribution in [0.4, 0.5) is 14.5 Å². The molecule has 8 nitrogen and oxygen atoms in total. The molecule has 0 saturated carbocycles. The maximum Gasteiger partial charge on any atom is 0.211 e. The fourth-order valence-electron chi connectivity index (χ4n) is 4.52. The summed E-state index contributed by atoms with van der Waals surface area (Å²) in [5.41, 5.74) is 1.70. The predicted molar refractivity (Wildman–Crippen MR) is 177 cm³/mol. The van der Waals surface area contributed by atoms with Crippen molar-refractivity contribution in [2.24, 2.45) is 11.3 Å². The third kappa shape index (κ3) is 16.7. The van der Waals surface area contributed by atoms with Crippen LogP contribution < -0.4 is 16.0 Å². The van der Waals surface area contributed by atoms with E-state index >= 15 is 0 Å². The first-order chi connectivity index (χ1) is 20.8. The number of benzene rings is 1. The van der Waals surface area contributed by atoms with Gasteiger partial charge in [0.25, 0.3) is 0 Å². The van der Waals surface area contributed by atoms with Crippen LogP contribution in [-0.4, -0.2) is 86.8 Å². The number of rotatable bonds is 13. The highest BCUT2D eigenvalue weighted by atomic mass is 35.5. The van der Waals surface area contributed by atoms with Gasteiger partial charge in [-0.25, -0.2) is 8.78 Å². The van der Waals surface area contributed by atoms with E-state index in [9.17, 15) is 18.4 Å². The molecule has 3 rings (SSSR count). The second-order valence-electron chi connectivity index (χ2n) is 12.3. The molecule has 0 spiro atoms. The van der Waals surface area contributed by atoms with Crippen molar-refractivity contribution in [2.75, 3.05) is 64.4 Å². The highest BCUT2D eigenvalue weighted by Crippen LogP contribution is 2.37. The van der Waals surface area contributed by atoms with Crippen molar-refractivity contribution in [1.82, 2.24) is 20.4 Å². The third-order valence-electron chi connectivity index (χ3n) is 6.67. The normalized spacial score (nSPS) is 19.4. The second-order valence-corrected chi connectivity index (χ2v) is 13.1. The maximum absolute atomic E-state index is 13.9. The smallest absolute Gasteiger partial charge is 0.211 e. The van der Waals surface area contributed by atoms with Crippen molar-refractivity contribution >= 4 is 41.7 Å². The highest BCUT2D eigenvalue weighted by Gasteiger charge is 2.30. The van der Waals surface area contributed by atoms with E-state index in [0.717, 1.165) is 58.6 Å². The molecule has 2 aliphatic rings. The van der Waals surface area contributed by atoms with Crippen LogP contribution in [0.3, 0.4) is 0 Å². The lowest BCUT2D eigenvalue weighted by Gasteiger charge is -2.33. The Kier molecular flexibility index (Phi) is 19.3. The van der Waals surface area contributed by atoms with Crippen LogP contribution in [0.5, 0.6) is 0 Å². The summed E-state index contributed by atoms with van der Waals surface area (Å²) in [5.74, 6) is -1.02. The fraction of sp³-hybridized carbons (Fsp3) is 0.562. The molecule has 2 aliphatic heterocycles. The van der Waals surface area contributed by atoms with E-state index in [-0.39, 0.29) is 28.6 Å². The van der Waals surface area contributed by atoms with E-state index in [0.29, 0.717) is 36.0 Å². The van der Waals surface area contributed by atoms with Gasteiger partial charge in [0.2, 0.25) is 12.8 Å². The standard InChI is InChI=1S/C18H18Cl2F2N2O.C9H19N3O2.C5H12/c1-11(21)15(19)5-3-2-4-12-8-23-9-14(12)13-6-17(22)16(20)7-18(13)24-10-25;13-8-10-2-1-3-11-4-6-12(9-14)7-5-11;1-5(2,3)4/h2-3,5-7,10,12,14,23H,1,4,8-9H2,(H,24,25);8,14H,1-7,9H2,(H,10,13);1-4H3/b3-2-,15-5+;;/t12-,14+;;/m0../s1. The summed E-state index contributed by atoms with van der Waals surface area (Å²) < 4.78 is 26.7. The first kappa shape index (κ1) is 39.7. The molecule has 2 saturated heterocycles. The number of nitrogens with one attached hydrogen (secondary N) is 3. The summed E-state index contributed by atoms with van der Waals surface area (Å²) >= 11 is 11.5. The van der Waals surface area contributed by atoms with Crippen molar-refractivity contribution in [3.63, 3.8) is 0 Å². The molecule has 1 aromatic rings. The molecule has 0 bridgehead atoms. The van der Waals surface area contributed by atoms with Crippen LogP contribution >= 0.6 is 23.2 Å². The quantitative estimate of drug-likeness (QED) is 0.124. The number of carbonyl (C=O) groups excluding carboxylic acids is 2. The topological polar surface area (TPSA) is 96.9 Å². The van der Waals surface area contributed by atoms with Crippen LogP contribution in [0.15, 0.2) is 47.8 Å². The number of aliphatic hydroxyl groups is 1. The Bertz CT molecular complexity index is 1080. The highest BCUT2D eigenvalue weighted by molar-refractivity contribution is 6.31. The van der Waals surface area contributed by atoms with Gasteiger partial charge in [0.05, 0.1) is 16.8 Å². The average Bonchev–Trinajstić information content (AvgIpc) is 3.43. The molecule has 0 unspecified atom stereocenters. The SMILES string of the molecule is C=C(F)/C(Cl)=C\C=C/C[C@H]1CNC[C@H]1c1cc(F)c(Cl)cc1NC=O.CC(C)(C)C.O=CNCCCN1CCN(CO)CC1. The number of aliphatic hydroxyl groups excluding tert-OH is 1. The summed E-state index contributed by atoms with van der Waals surface area (Å²) in [6.07, 6.45) is 7.93. The zero-order valence-electron chi connectivity index (χ0n) is 26.4. The fourth-order valence-corrected chi connectivity index (χ4v) is 4.75. The molecule has 248 valence electrons. The van der Waals surface area contributed by atoms with Gasteiger partial charge in [-0.2, -0.15) is 0 Å². The van der Waals surface area contributed by atoms with E-state index in [4.69, 9.17) is 28.3 Å². The van der Waals surface area contributed by atoms with Gasteiger partial charge in [-0.3, -0.25) is 14.5 Å². The lowest BCUT2D eigenvalue weighted by atomic mass is 9.85. The number of halogens is 4. The number of hydrogen-bond donors (Lipinski definition) is 4. The number of anilines is 1. The monoisotopic (exact) mass is 659 g/mol. The van der Waals surface area contributed by atoms with Crippen molar-refractivity contribution in [2.45, 2.75) is 46.5 Å². The molecule has 0 aliphatic carbocycles. The molecule has 4 N–H and O–H groups in total. The van der Waals surface area contributed by atoms with Crippen molar-refractivity contribution in [3.05, 3.63) is 64.2 Å². The summed E-state index contributed by atoms with van der Waals surface area (Å²) in [5, 5.41) is 17.3. The molecular formula is C32H49Cl2F2N5O3. The minimum absolute atomic E-state index is 0.00876. The molecule has 0 radical (unpaired) electrons. The van der Waals surface area contributed by atoms with Gasteiger partial charge in [0, 0.05) is 50.9 Å². The molecule has 2 fully saturated rings. The van der Waals surface area contributed by atoms with Crippen molar-refractivity contribution in [1.29, 1.82) is 0 Å². The van der Waals surface area contributed by atoms with E-state index < -0.39 is 11.6 Å². The maximum atomic E-state index is 13.9. The number of amides is 2. The van der Waals surface area contributed by atoms with Crippen LogP contribution in [-0.2, 0) is 9.59 Å². The minimum atomic E-state index is -0.687. The molecule has 2 amide bonds. The van der Waals surface area contributed by atoms with Crippen LogP contribution in [0, 0.1) is 17.2 Å². The number of nitrogens with zero attached hydrogens (tertiary/aromatic N) is 2. The van der Waals surface area contributed by atoms with Gasteiger partial charge < -0.3 is 26.0 Å². The molecule has 2 atom stereocenters. The summed E-state index contributed by atoms with van der Waals surface area (Å²) in [6.45, 7) is 19.1. The van der Waals surface area contributed by atoms with E-state index in [1.54, 1.807) is 6.08 Å².